The quantitative estimate of drug-likeness (QED) is 0.886. The summed E-state index contributed by atoms with van der Waals surface area (Å²) in [6.07, 6.45) is 0.222. The van der Waals surface area contributed by atoms with Gasteiger partial charge in [0.25, 0.3) is 0 Å². The summed E-state index contributed by atoms with van der Waals surface area (Å²) < 4.78 is 10.3. The molecule has 1 aliphatic heterocycles. The lowest BCUT2D eigenvalue weighted by Gasteiger charge is -2.33. The van der Waals surface area contributed by atoms with Crippen LogP contribution in [0, 0.1) is 0 Å². The van der Waals surface area contributed by atoms with Crippen LogP contribution in [0.3, 0.4) is 0 Å². The highest BCUT2D eigenvalue weighted by Gasteiger charge is 2.30. The highest BCUT2D eigenvalue weighted by Crippen LogP contribution is 2.25. The molecule has 1 N–H and O–H groups in total. The van der Waals surface area contributed by atoms with Crippen LogP contribution in [-0.2, 0) is 4.74 Å². The summed E-state index contributed by atoms with van der Waals surface area (Å²) in [5.41, 5.74) is 0.710. The van der Waals surface area contributed by atoms with E-state index in [9.17, 15) is 9.90 Å². The van der Waals surface area contributed by atoms with Gasteiger partial charge in [0, 0.05) is 12.1 Å². The Balaban J connectivity index is 2.19. The van der Waals surface area contributed by atoms with E-state index >= 15 is 0 Å². The van der Waals surface area contributed by atoms with Crippen LogP contribution >= 0.6 is 0 Å². The smallest absolute Gasteiger partial charge is 0.414 e. The minimum absolute atomic E-state index is 0.0672. The first kappa shape index (κ1) is 12.7. The number of cyclic esters (lactones) is 1. The van der Waals surface area contributed by atoms with Crippen LogP contribution < -0.4 is 9.64 Å². The number of rotatable bonds is 4. The van der Waals surface area contributed by atoms with E-state index in [0.29, 0.717) is 25.3 Å². The molecule has 0 aromatic heterocycles. The normalized spacial score (nSPS) is 19.6. The lowest BCUT2D eigenvalue weighted by atomic mass is 10.1. The van der Waals surface area contributed by atoms with Crippen LogP contribution in [0.2, 0.25) is 0 Å². The lowest BCUT2D eigenvalue weighted by molar-refractivity contribution is 0.116. The zero-order valence-electron chi connectivity index (χ0n) is 10.3. The second kappa shape index (κ2) is 5.73. The van der Waals surface area contributed by atoms with Crippen LogP contribution in [-0.4, -0.2) is 37.1 Å². The number of nitrogens with zero attached hydrogens (tertiary/aromatic N) is 1. The van der Waals surface area contributed by atoms with Crippen LogP contribution in [0.25, 0.3) is 0 Å². The number of hydrogen-bond acceptors (Lipinski definition) is 4. The fourth-order valence-corrected chi connectivity index (χ4v) is 1.99. The number of ether oxygens (including phenoxy) is 2. The van der Waals surface area contributed by atoms with Crippen molar-refractivity contribution in [3.05, 3.63) is 24.3 Å². The largest absolute Gasteiger partial charge is 0.494 e. The van der Waals surface area contributed by atoms with Crippen molar-refractivity contribution in [3.8, 4) is 5.75 Å². The average molecular weight is 251 g/mol. The van der Waals surface area contributed by atoms with Crippen molar-refractivity contribution < 1.29 is 19.4 Å². The predicted octanol–water partition coefficient (Wildman–Crippen LogP) is 1.79. The Bertz CT molecular complexity index is 404. The Morgan fingerprint density at radius 2 is 2.17 bits per heavy atom. The van der Waals surface area contributed by atoms with Gasteiger partial charge >= 0.3 is 6.09 Å². The summed E-state index contributed by atoms with van der Waals surface area (Å²) in [6.45, 7) is 2.81. The van der Waals surface area contributed by atoms with E-state index in [1.807, 2.05) is 6.92 Å². The van der Waals surface area contributed by atoms with E-state index in [0.717, 1.165) is 5.75 Å². The van der Waals surface area contributed by atoms with E-state index in [-0.39, 0.29) is 12.6 Å². The average Bonchev–Trinajstić information content (AvgIpc) is 2.40. The predicted molar refractivity (Wildman–Crippen MR) is 66.9 cm³/mol. The second-order valence-electron chi connectivity index (χ2n) is 4.04. The molecule has 1 aliphatic rings. The Morgan fingerprint density at radius 1 is 1.44 bits per heavy atom. The summed E-state index contributed by atoms with van der Waals surface area (Å²) in [5.74, 6) is 0.757. The molecule has 1 unspecified atom stereocenters. The molecule has 1 amide bonds. The molecule has 0 radical (unpaired) electrons. The second-order valence-corrected chi connectivity index (χ2v) is 4.04. The first-order chi connectivity index (χ1) is 8.76. The summed E-state index contributed by atoms with van der Waals surface area (Å²) in [7, 11) is 0. The number of carbonyl (C=O) groups is 1. The van der Waals surface area contributed by atoms with E-state index in [4.69, 9.17) is 9.47 Å². The maximum absolute atomic E-state index is 11.7. The monoisotopic (exact) mass is 251 g/mol. The zero-order chi connectivity index (χ0) is 13.0. The molecule has 5 nitrogen and oxygen atoms in total. The van der Waals surface area contributed by atoms with Gasteiger partial charge in [-0.1, -0.05) is 0 Å². The van der Waals surface area contributed by atoms with Crippen LogP contribution in [0.5, 0.6) is 5.75 Å². The fourth-order valence-electron chi connectivity index (χ4n) is 1.99. The summed E-state index contributed by atoms with van der Waals surface area (Å²) in [5, 5.41) is 9.31. The Kier molecular flexibility index (Phi) is 4.04. The van der Waals surface area contributed by atoms with Crippen molar-refractivity contribution in [1.82, 2.24) is 0 Å². The third-order valence-corrected chi connectivity index (χ3v) is 2.88. The van der Waals surface area contributed by atoms with E-state index in [1.54, 1.807) is 24.3 Å². The first-order valence-corrected chi connectivity index (χ1v) is 6.06. The molecule has 1 atom stereocenters. The van der Waals surface area contributed by atoms with Gasteiger partial charge in [0.15, 0.2) is 0 Å². The zero-order valence-corrected chi connectivity index (χ0v) is 10.3. The maximum atomic E-state index is 11.7. The van der Waals surface area contributed by atoms with Crippen LogP contribution in [0.15, 0.2) is 24.3 Å². The first-order valence-electron chi connectivity index (χ1n) is 6.06. The number of hydrogen-bond donors (Lipinski definition) is 1. The molecular weight excluding hydrogens is 234 g/mol. The molecule has 0 aliphatic carbocycles. The highest BCUT2D eigenvalue weighted by atomic mass is 16.6. The third-order valence-electron chi connectivity index (χ3n) is 2.88. The molecule has 1 aromatic rings. The number of anilines is 1. The van der Waals surface area contributed by atoms with Gasteiger partial charge in [0.1, 0.15) is 5.75 Å². The molecular formula is C13H17NO4. The molecule has 0 bridgehead atoms. The van der Waals surface area contributed by atoms with E-state index in [1.165, 1.54) is 4.90 Å². The Hall–Kier alpha value is -1.75. The van der Waals surface area contributed by atoms with Crippen LogP contribution in [0.4, 0.5) is 10.5 Å². The van der Waals surface area contributed by atoms with Crippen molar-refractivity contribution in [2.24, 2.45) is 0 Å². The molecule has 1 heterocycles. The van der Waals surface area contributed by atoms with Gasteiger partial charge in [0.05, 0.1) is 25.9 Å². The van der Waals surface area contributed by atoms with Crippen molar-refractivity contribution in [2.45, 2.75) is 19.4 Å². The molecule has 98 valence electrons. The molecule has 2 rings (SSSR count). The van der Waals surface area contributed by atoms with Crippen molar-refractivity contribution in [3.63, 3.8) is 0 Å². The number of aliphatic hydroxyl groups excluding tert-OH is 1. The third kappa shape index (κ3) is 2.56. The maximum Gasteiger partial charge on any atom is 0.414 e. The Morgan fingerprint density at radius 3 is 2.78 bits per heavy atom. The number of amides is 1. The van der Waals surface area contributed by atoms with Gasteiger partial charge in [-0.25, -0.2) is 4.79 Å². The topological polar surface area (TPSA) is 59.0 Å². The van der Waals surface area contributed by atoms with Crippen LogP contribution in [0.1, 0.15) is 13.3 Å². The Labute approximate surface area is 106 Å². The van der Waals surface area contributed by atoms with Gasteiger partial charge in [-0.3, -0.25) is 4.90 Å². The van der Waals surface area contributed by atoms with Crippen molar-refractivity contribution in [2.75, 3.05) is 24.7 Å². The van der Waals surface area contributed by atoms with Crippen molar-refractivity contribution in [1.29, 1.82) is 0 Å². The minimum Gasteiger partial charge on any atom is -0.494 e. The molecule has 1 fully saturated rings. The molecule has 18 heavy (non-hydrogen) atoms. The molecule has 5 heteroatoms. The SMILES string of the molecule is CCOc1ccc(N2C(=O)OCCC2CO)cc1. The lowest BCUT2D eigenvalue weighted by Crippen LogP contribution is -2.47. The highest BCUT2D eigenvalue weighted by molar-refractivity contribution is 5.89. The molecule has 0 saturated carbocycles. The van der Waals surface area contributed by atoms with Gasteiger partial charge in [-0.15, -0.1) is 0 Å². The summed E-state index contributed by atoms with van der Waals surface area (Å²) >= 11 is 0. The van der Waals surface area contributed by atoms with E-state index in [2.05, 4.69) is 0 Å². The number of aliphatic hydroxyl groups is 1. The molecule has 0 spiro atoms. The summed E-state index contributed by atoms with van der Waals surface area (Å²) in [4.78, 5) is 13.2. The molecule has 1 aromatic carbocycles. The minimum atomic E-state index is -0.413. The number of benzene rings is 1. The number of carbonyl (C=O) groups excluding carboxylic acids is 1. The van der Waals surface area contributed by atoms with Gasteiger partial charge in [0.2, 0.25) is 0 Å². The van der Waals surface area contributed by atoms with Gasteiger partial charge in [-0.05, 0) is 31.2 Å². The van der Waals surface area contributed by atoms with Gasteiger partial charge < -0.3 is 14.6 Å². The summed E-state index contributed by atoms with van der Waals surface area (Å²) in [6, 6.07) is 6.97. The standard InChI is InChI=1S/C13H17NO4/c1-2-17-12-5-3-10(4-6-12)14-11(9-15)7-8-18-13(14)16/h3-6,11,15H,2,7-9H2,1H3. The van der Waals surface area contributed by atoms with Crippen molar-refractivity contribution >= 4 is 11.8 Å². The fraction of sp³-hybridized carbons (Fsp3) is 0.462. The van der Waals surface area contributed by atoms with Gasteiger partial charge in [-0.2, -0.15) is 0 Å². The molecule has 1 saturated heterocycles. The van der Waals surface area contributed by atoms with E-state index < -0.39 is 6.09 Å².